The van der Waals surface area contributed by atoms with Crippen molar-refractivity contribution in [3.63, 3.8) is 0 Å². The van der Waals surface area contributed by atoms with E-state index < -0.39 is 0 Å². The lowest BCUT2D eigenvalue weighted by molar-refractivity contribution is -0.118. The molecule has 1 aromatic carbocycles. The van der Waals surface area contributed by atoms with Crippen molar-refractivity contribution in [3.8, 4) is 11.5 Å². The minimum absolute atomic E-state index is 0.155. The van der Waals surface area contributed by atoms with Gasteiger partial charge in [-0.1, -0.05) is 0 Å². The lowest BCUT2D eigenvalue weighted by Crippen LogP contribution is -2.41. The van der Waals surface area contributed by atoms with E-state index in [-0.39, 0.29) is 24.8 Å². The van der Waals surface area contributed by atoms with Crippen LogP contribution < -0.4 is 20.3 Å². The van der Waals surface area contributed by atoms with Crippen molar-refractivity contribution >= 4 is 33.5 Å². The zero-order valence-electron chi connectivity index (χ0n) is 14.3. The topological polar surface area (TPSA) is 122 Å². The van der Waals surface area contributed by atoms with Crippen LogP contribution in [0.15, 0.2) is 16.9 Å². The summed E-state index contributed by atoms with van der Waals surface area (Å²) in [5, 5.41) is 10.6. The Morgan fingerprint density at radius 3 is 2.81 bits per heavy atom. The molecule has 10 heteroatoms. The van der Waals surface area contributed by atoms with Crippen molar-refractivity contribution in [2.75, 3.05) is 45.0 Å². The molecular weight excluding hydrogens is 354 g/mol. The number of aromatic amines is 2. The number of anilines is 1. The summed E-state index contributed by atoms with van der Waals surface area (Å²) in [7, 11) is 0. The molecule has 27 heavy (non-hydrogen) atoms. The molecule has 1 amide bonds. The minimum Gasteiger partial charge on any atom is -0.454 e. The fraction of sp³-hybridized carbons (Fsp3) is 0.353. The van der Waals surface area contributed by atoms with Crippen LogP contribution in [-0.2, 0) is 9.53 Å². The first-order valence-electron chi connectivity index (χ1n) is 8.63. The van der Waals surface area contributed by atoms with Gasteiger partial charge in [-0.15, -0.1) is 0 Å². The Morgan fingerprint density at radius 1 is 1.22 bits per heavy atom. The van der Waals surface area contributed by atoms with Crippen molar-refractivity contribution < 1.29 is 19.0 Å². The fourth-order valence-corrected chi connectivity index (χ4v) is 3.44. The molecular formula is C17H17N5O5. The number of fused-ring (bicyclic) bond motifs is 4. The summed E-state index contributed by atoms with van der Waals surface area (Å²) < 4.78 is 16.1. The summed E-state index contributed by atoms with van der Waals surface area (Å²) in [6.45, 7) is 3.03. The van der Waals surface area contributed by atoms with Crippen LogP contribution in [0.2, 0.25) is 0 Å². The highest BCUT2D eigenvalue weighted by Crippen LogP contribution is 2.39. The summed E-state index contributed by atoms with van der Waals surface area (Å²) in [5.41, 5.74) is 0.677. The Hall–Kier alpha value is -3.11. The molecule has 0 radical (unpaired) electrons. The summed E-state index contributed by atoms with van der Waals surface area (Å²) in [6, 6.07) is 3.56. The van der Waals surface area contributed by atoms with Gasteiger partial charge in [0, 0.05) is 24.5 Å². The number of rotatable bonds is 3. The first-order valence-corrected chi connectivity index (χ1v) is 8.63. The van der Waals surface area contributed by atoms with E-state index >= 15 is 0 Å². The molecule has 0 spiro atoms. The first-order chi connectivity index (χ1) is 13.2. The average Bonchev–Trinajstić information content (AvgIpc) is 3.27. The largest absolute Gasteiger partial charge is 0.454 e. The van der Waals surface area contributed by atoms with Gasteiger partial charge in [0.25, 0.3) is 5.56 Å². The number of hydrogen-bond donors (Lipinski definition) is 3. The summed E-state index contributed by atoms with van der Waals surface area (Å²) in [4.78, 5) is 29.8. The van der Waals surface area contributed by atoms with Gasteiger partial charge in [-0.3, -0.25) is 14.5 Å². The minimum atomic E-state index is -0.366. The summed E-state index contributed by atoms with van der Waals surface area (Å²) >= 11 is 0. The zero-order chi connectivity index (χ0) is 18.4. The number of morpholine rings is 1. The van der Waals surface area contributed by atoms with Crippen molar-refractivity contribution in [2.24, 2.45) is 0 Å². The molecule has 0 unspecified atom stereocenters. The van der Waals surface area contributed by atoms with Crippen LogP contribution in [0.3, 0.4) is 0 Å². The van der Waals surface area contributed by atoms with Crippen molar-refractivity contribution in [1.82, 2.24) is 20.1 Å². The van der Waals surface area contributed by atoms with Crippen molar-refractivity contribution in [2.45, 2.75) is 0 Å². The van der Waals surface area contributed by atoms with E-state index in [1.54, 1.807) is 12.1 Å². The second-order valence-corrected chi connectivity index (χ2v) is 6.46. The molecule has 5 rings (SSSR count). The second kappa shape index (κ2) is 6.25. The molecule has 1 fully saturated rings. The third-order valence-corrected chi connectivity index (χ3v) is 4.75. The molecule has 0 atom stereocenters. The molecule has 2 aliphatic rings. The Morgan fingerprint density at radius 2 is 2.00 bits per heavy atom. The molecule has 1 saturated heterocycles. The van der Waals surface area contributed by atoms with Gasteiger partial charge in [-0.05, 0) is 6.07 Å². The number of nitrogens with zero attached hydrogens (tertiary/aromatic N) is 2. The van der Waals surface area contributed by atoms with Crippen LogP contribution in [0.25, 0.3) is 21.8 Å². The predicted molar refractivity (Wildman–Crippen MR) is 96.2 cm³/mol. The maximum atomic E-state index is 12.5. The highest BCUT2D eigenvalue weighted by atomic mass is 16.7. The van der Waals surface area contributed by atoms with E-state index in [0.29, 0.717) is 60.0 Å². The lowest BCUT2D eigenvalue weighted by atomic mass is 10.1. The average molecular weight is 371 g/mol. The van der Waals surface area contributed by atoms with Crippen LogP contribution in [0.5, 0.6) is 11.5 Å². The molecule has 2 aromatic heterocycles. The maximum Gasteiger partial charge on any atom is 0.288 e. The first kappa shape index (κ1) is 16.1. The van der Waals surface area contributed by atoms with Gasteiger partial charge in [0.2, 0.25) is 12.7 Å². The number of H-pyrrole nitrogens is 2. The molecule has 10 nitrogen and oxygen atoms in total. The monoisotopic (exact) mass is 371 g/mol. The standard InChI is InChI=1S/C17H17N5O5/c23-13(7-22-1-3-25-4-2-22)19-16-14-9-5-11-12(27-8-26-11)6-10(9)18-15(14)17(24)21-20-16/h5-6,18H,1-4,7-8H2,(H,21,24)(H,19,20,23). The van der Waals surface area contributed by atoms with Gasteiger partial charge in [0.1, 0.15) is 5.52 Å². The second-order valence-electron chi connectivity index (χ2n) is 6.46. The molecule has 0 saturated carbocycles. The number of amides is 1. The molecule has 2 aliphatic heterocycles. The number of carbonyl (C=O) groups excluding carboxylic acids is 1. The van der Waals surface area contributed by atoms with Gasteiger partial charge >= 0.3 is 0 Å². The number of benzene rings is 1. The van der Waals surface area contributed by atoms with Gasteiger partial charge < -0.3 is 24.5 Å². The van der Waals surface area contributed by atoms with Crippen molar-refractivity contribution in [3.05, 3.63) is 22.5 Å². The molecule has 3 aromatic rings. The number of nitrogens with one attached hydrogen (secondary N) is 3. The summed E-state index contributed by atoms with van der Waals surface area (Å²) in [5.74, 6) is 1.30. The normalized spacial score (nSPS) is 16.9. The Labute approximate surface area is 152 Å². The SMILES string of the molecule is O=C(CN1CCOCC1)Nc1n[nH]c(=O)c2[nH]c3cc4c(cc3c12)OCO4. The Bertz CT molecular complexity index is 1100. The molecule has 3 N–H and O–H groups in total. The van der Waals surface area contributed by atoms with Crippen LogP contribution in [-0.4, -0.2) is 65.6 Å². The Balaban J connectivity index is 1.53. The summed E-state index contributed by atoms with van der Waals surface area (Å²) in [6.07, 6.45) is 0. The Kier molecular flexibility index (Phi) is 3.73. The van der Waals surface area contributed by atoms with Crippen LogP contribution >= 0.6 is 0 Å². The molecule has 0 aliphatic carbocycles. The van der Waals surface area contributed by atoms with Gasteiger partial charge in [0.05, 0.1) is 30.7 Å². The third-order valence-electron chi connectivity index (χ3n) is 4.75. The van der Waals surface area contributed by atoms with E-state index in [2.05, 4.69) is 20.5 Å². The van der Waals surface area contributed by atoms with E-state index in [1.807, 2.05) is 4.90 Å². The lowest BCUT2D eigenvalue weighted by Gasteiger charge is -2.25. The van der Waals surface area contributed by atoms with Crippen LogP contribution in [0.1, 0.15) is 0 Å². The zero-order valence-corrected chi connectivity index (χ0v) is 14.3. The van der Waals surface area contributed by atoms with Crippen molar-refractivity contribution in [1.29, 1.82) is 0 Å². The quantitative estimate of drug-likeness (QED) is 0.609. The molecule has 0 bridgehead atoms. The van der Waals surface area contributed by atoms with E-state index in [9.17, 15) is 9.59 Å². The maximum absolute atomic E-state index is 12.5. The predicted octanol–water partition coefficient (Wildman–Crippen LogP) is 0.404. The van der Waals surface area contributed by atoms with Gasteiger partial charge in [-0.2, -0.15) is 5.10 Å². The molecule has 4 heterocycles. The fourth-order valence-electron chi connectivity index (χ4n) is 3.44. The highest BCUT2D eigenvalue weighted by molar-refractivity contribution is 6.15. The van der Waals surface area contributed by atoms with E-state index in [4.69, 9.17) is 14.2 Å². The van der Waals surface area contributed by atoms with Crippen LogP contribution in [0.4, 0.5) is 5.82 Å². The number of carbonyl (C=O) groups is 1. The van der Waals surface area contributed by atoms with Gasteiger partial charge in [-0.25, -0.2) is 5.10 Å². The molecule has 140 valence electrons. The number of hydrogen-bond acceptors (Lipinski definition) is 7. The van der Waals surface area contributed by atoms with E-state index in [1.165, 1.54) is 0 Å². The smallest absolute Gasteiger partial charge is 0.288 e. The van der Waals surface area contributed by atoms with Crippen LogP contribution in [0, 0.1) is 0 Å². The van der Waals surface area contributed by atoms with Gasteiger partial charge in [0.15, 0.2) is 17.3 Å². The third kappa shape index (κ3) is 2.78. The highest BCUT2D eigenvalue weighted by Gasteiger charge is 2.21. The number of ether oxygens (including phenoxy) is 3. The van der Waals surface area contributed by atoms with E-state index in [0.717, 1.165) is 5.39 Å². The number of aromatic nitrogens is 3.